The molecule has 6 heteroatoms. The van der Waals surface area contributed by atoms with Crippen LogP contribution in [0.5, 0.6) is 5.75 Å². The van der Waals surface area contributed by atoms with Crippen LogP contribution in [0.25, 0.3) is 5.76 Å². The van der Waals surface area contributed by atoms with Gasteiger partial charge in [0.25, 0.3) is 11.7 Å². The number of amides is 1. The molecule has 2 atom stereocenters. The van der Waals surface area contributed by atoms with Crippen molar-refractivity contribution >= 4 is 17.4 Å². The number of rotatable bonds is 4. The smallest absolute Gasteiger partial charge is 0.295 e. The lowest BCUT2D eigenvalue weighted by molar-refractivity contribution is -0.140. The van der Waals surface area contributed by atoms with Crippen molar-refractivity contribution < 1.29 is 19.4 Å². The van der Waals surface area contributed by atoms with Crippen LogP contribution in [0.3, 0.4) is 0 Å². The first-order chi connectivity index (χ1) is 17.1. The fraction of sp³-hybridized carbons (Fsp3) is 0.300. The van der Waals surface area contributed by atoms with Crippen molar-refractivity contribution in [2.75, 3.05) is 0 Å². The summed E-state index contributed by atoms with van der Waals surface area (Å²) in [6.07, 6.45) is 4.13. The molecular weight excluding hydrogens is 452 g/mol. The lowest BCUT2D eigenvalue weighted by atomic mass is 9.85. The van der Waals surface area contributed by atoms with Crippen LogP contribution >= 0.6 is 0 Å². The van der Waals surface area contributed by atoms with Crippen molar-refractivity contribution in [2.24, 2.45) is 0 Å². The van der Waals surface area contributed by atoms with Gasteiger partial charge in [-0.05, 0) is 58.9 Å². The normalized spacial score (nSPS) is 20.9. The second-order valence-corrected chi connectivity index (χ2v) is 10.6. The van der Waals surface area contributed by atoms with Crippen molar-refractivity contribution in [1.82, 2.24) is 9.88 Å². The highest BCUT2D eigenvalue weighted by Crippen LogP contribution is 2.41. The van der Waals surface area contributed by atoms with Crippen LogP contribution in [-0.4, -0.2) is 32.8 Å². The predicted octanol–water partition coefficient (Wildman–Crippen LogP) is 5.32. The fourth-order valence-electron chi connectivity index (χ4n) is 4.97. The molecule has 0 bridgehead atoms. The highest BCUT2D eigenvalue weighted by molar-refractivity contribution is 6.46. The van der Waals surface area contributed by atoms with Crippen molar-refractivity contribution in [3.63, 3.8) is 0 Å². The standard InChI is InChI=1S/C30H30N2O4/c1-18-14-22-15-21(9-12-24(22)36-18)27(33)25-26(20-7-10-23(11-8-20)30(2,3)4)32(29(35)28(25)34)17-19-6-5-13-31-16-19/h5-13,15-16,18,26,33H,14,17H2,1-4H3/t18-,26-/m0/s1. The van der Waals surface area contributed by atoms with Gasteiger partial charge < -0.3 is 14.7 Å². The summed E-state index contributed by atoms with van der Waals surface area (Å²) < 4.78 is 5.78. The number of pyridine rings is 1. The molecular formula is C30H30N2O4. The predicted molar refractivity (Wildman–Crippen MR) is 137 cm³/mol. The zero-order valence-corrected chi connectivity index (χ0v) is 21.0. The van der Waals surface area contributed by atoms with Gasteiger partial charge >= 0.3 is 0 Å². The van der Waals surface area contributed by atoms with Crippen molar-refractivity contribution in [1.29, 1.82) is 0 Å². The number of ketones is 1. The highest BCUT2D eigenvalue weighted by Gasteiger charge is 2.46. The van der Waals surface area contributed by atoms with Gasteiger partial charge in [0.15, 0.2) is 0 Å². The van der Waals surface area contributed by atoms with Crippen LogP contribution in [-0.2, 0) is 28.0 Å². The number of likely N-dealkylation sites (tertiary alicyclic amines) is 1. The quantitative estimate of drug-likeness (QED) is 0.309. The van der Waals surface area contributed by atoms with Gasteiger partial charge in [-0.3, -0.25) is 14.6 Å². The number of benzene rings is 2. The Morgan fingerprint density at radius 3 is 2.53 bits per heavy atom. The third-order valence-corrected chi connectivity index (χ3v) is 6.88. The summed E-state index contributed by atoms with van der Waals surface area (Å²) >= 11 is 0. The molecule has 1 aromatic heterocycles. The van der Waals surface area contributed by atoms with Crippen molar-refractivity contribution in [3.05, 3.63) is 100 Å². The molecule has 2 aromatic carbocycles. The number of hydrogen-bond donors (Lipinski definition) is 1. The minimum atomic E-state index is -0.720. The highest BCUT2D eigenvalue weighted by atomic mass is 16.5. The van der Waals surface area contributed by atoms with Gasteiger partial charge in [0.1, 0.15) is 17.6 Å². The van der Waals surface area contributed by atoms with Crippen LogP contribution in [0.2, 0.25) is 0 Å². The Hall–Kier alpha value is -3.93. The molecule has 3 aromatic rings. The maximum absolute atomic E-state index is 13.4. The third-order valence-electron chi connectivity index (χ3n) is 6.88. The molecule has 3 heterocycles. The lowest BCUT2D eigenvalue weighted by Gasteiger charge is -2.26. The molecule has 184 valence electrons. The van der Waals surface area contributed by atoms with Crippen LogP contribution in [0.15, 0.2) is 72.6 Å². The van der Waals surface area contributed by atoms with Gasteiger partial charge in [-0.25, -0.2) is 0 Å². The van der Waals surface area contributed by atoms with E-state index in [0.717, 1.165) is 34.4 Å². The van der Waals surface area contributed by atoms with E-state index in [1.807, 2.05) is 49.4 Å². The number of carbonyl (C=O) groups excluding carboxylic acids is 2. The molecule has 1 fully saturated rings. The Morgan fingerprint density at radius 2 is 1.86 bits per heavy atom. The Labute approximate surface area is 211 Å². The van der Waals surface area contributed by atoms with Crippen molar-refractivity contribution in [2.45, 2.75) is 58.2 Å². The van der Waals surface area contributed by atoms with E-state index >= 15 is 0 Å². The van der Waals surface area contributed by atoms with Crippen LogP contribution < -0.4 is 4.74 Å². The van der Waals surface area contributed by atoms with E-state index in [2.05, 4.69) is 25.8 Å². The summed E-state index contributed by atoms with van der Waals surface area (Å²) in [6.45, 7) is 8.60. The van der Waals surface area contributed by atoms with Gasteiger partial charge in [-0.15, -0.1) is 0 Å². The Kier molecular flexibility index (Phi) is 5.91. The summed E-state index contributed by atoms with van der Waals surface area (Å²) in [4.78, 5) is 32.3. The number of aliphatic hydroxyl groups excluding tert-OH is 1. The number of aliphatic hydroxyl groups is 1. The molecule has 5 rings (SSSR count). The molecule has 36 heavy (non-hydrogen) atoms. The molecule has 0 saturated carbocycles. The van der Waals surface area contributed by atoms with Gasteiger partial charge in [0.2, 0.25) is 0 Å². The van der Waals surface area contributed by atoms with E-state index in [1.165, 1.54) is 4.90 Å². The van der Waals surface area contributed by atoms with E-state index in [0.29, 0.717) is 5.56 Å². The molecule has 1 N–H and O–H groups in total. The Bertz CT molecular complexity index is 1350. The number of carbonyl (C=O) groups is 2. The molecule has 0 aliphatic carbocycles. The zero-order chi connectivity index (χ0) is 25.6. The summed E-state index contributed by atoms with van der Waals surface area (Å²) in [5, 5.41) is 11.4. The maximum atomic E-state index is 13.4. The van der Waals surface area contributed by atoms with E-state index in [4.69, 9.17) is 4.74 Å². The third kappa shape index (κ3) is 4.28. The monoisotopic (exact) mass is 482 g/mol. The molecule has 0 spiro atoms. The minimum Gasteiger partial charge on any atom is -0.507 e. The van der Waals surface area contributed by atoms with Gasteiger partial charge in [-0.2, -0.15) is 0 Å². The summed E-state index contributed by atoms with van der Waals surface area (Å²) in [5.74, 6) is -0.713. The summed E-state index contributed by atoms with van der Waals surface area (Å²) in [5.41, 5.74) is 4.25. The zero-order valence-electron chi connectivity index (χ0n) is 21.0. The van der Waals surface area contributed by atoms with Crippen LogP contribution in [0.4, 0.5) is 0 Å². The average molecular weight is 483 g/mol. The summed E-state index contributed by atoms with van der Waals surface area (Å²) in [6, 6.07) is 16.3. The molecule has 1 saturated heterocycles. The summed E-state index contributed by atoms with van der Waals surface area (Å²) in [7, 11) is 0. The first-order valence-electron chi connectivity index (χ1n) is 12.2. The van der Waals surface area contributed by atoms with Gasteiger partial charge in [-0.1, -0.05) is 51.1 Å². The molecule has 2 aliphatic rings. The van der Waals surface area contributed by atoms with E-state index in [-0.39, 0.29) is 29.4 Å². The SMILES string of the molecule is C[C@H]1Cc2cc(C(O)=C3C(=O)C(=O)N(Cc4cccnc4)[C@H]3c3ccc(C(C)(C)C)cc3)ccc2O1. The van der Waals surface area contributed by atoms with Crippen LogP contribution in [0, 0.1) is 0 Å². The first kappa shape index (κ1) is 23.8. The van der Waals surface area contributed by atoms with E-state index < -0.39 is 17.7 Å². The molecule has 0 unspecified atom stereocenters. The number of Topliss-reactive ketones (excluding diaryl/α,β-unsaturated/α-hetero) is 1. The Morgan fingerprint density at radius 1 is 1.11 bits per heavy atom. The lowest BCUT2D eigenvalue weighted by Crippen LogP contribution is -2.29. The number of ether oxygens (including phenoxy) is 1. The number of hydrogen-bond acceptors (Lipinski definition) is 5. The maximum Gasteiger partial charge on any atom is 0.295 e. The second kappa shape index (κ2) is 8.94. The number of fused-ring (bicyclic) bond motifs is 1. The van der Waals surface area contributed by atoms with E-state index in [9.17, 15) is 14.7 Å². The largest absolute Gasteiger partial charge is 0.507 e. The van der Waals surface area contributed by atoms with Gasteiger partial charge in [0.05, 0.1) is 11.6 Å². The first-order valence-corrected chi connectivity index (χ1v) is 12.2. The fourth-order valence-corrected chi connectivity index (χ4v) is 4.97. The molecule has 6 nitrogen and oxygen atoms in total. The van der Waals surface area contributed by atoms with Crippen molar-refractivity contribution in [3.8, 4) is 5.75 Å². The Balaban J connectivity index is 1.62. The second-order valence-electron chi connectivity index (χ2n) is 10.6. The topological polar surface area (TPSA) is 79.7 Å². The van der Waals surface area contributed by atoms with E-state index in [1.54, 1.807) is 24.5 Å². The van der Waals surface area contributed by atoms with Crippen LogP contribution in [0.1, 0.15) is 61.6 Å². The minimum absolute atomic E-state index is 0.0420. The van der Waals surface area contributed by atoms with Gasteiger partial charge in [0, 0.05) is 30.9 Å². The molecule has 1 amide bonds. The number of nitrogens with zero attached hydrogens (tertiary/aromatic N) is 2. The molecule has 0 radical (unpaired) electrons. The average Bonchev–Trinajstić information content (AvgIpc) is 3.35. The number of aromatic nitrogens is 1. The molecule has 2 aliphatic heterocycles.